The fourth-order valence-electron chi connectivity index (χ4n) is 2.18. The molecule has 0 radical (unpaired) electrons. The van der Waals surface area contributed by atoms with Crippen molar-refractivity contribution in [2.24, 2.45) is 5.73 Å². The van der Waals surface area contributed by atoms with E-state index in [1.165, 1.54) is 0 Å². The van der Waals surface area contributed by atoms with Crippen molar-refractivity contribution in [1.82, 2.24) is 9.78 Å². The Bertz CT molecular complexity index is 594. The summed E-state index contributed by atoms with van der Waals surface area (Å²) in [5, 5.41) is 13.8. The number of aryl methyl sites for hydroxylation is 3. The molecule has 4 heteroatoms. The van der Waals surface area contributed by atoms with Gasteiger partial charge in [0.1, 0.15) is 5.54 Å². The summed E-state index contributed by atoms with van der Waals surface area (Å²) in [5.41, 5.74) is 8.17. The van der Waals surface area contributed by atoms with Crippen molar-refractivity contribution in [3.05, 3.63) is 53.3 Å². The maximum Gasteiger partial charge on any atom is 0.131 e. The Morgan fingerprint density at radius 1 is 1.32 bits per heavy atom. The van der Waals surface area contributed by atoms with E-state index in [-0.39, 0.29) is 0 Å². The predicted molar refractivity (Wildman–Crippen MR) is 74.2 cm³/mol. The van der Waals surface area contributed by atoms with Gasteiger partial charge in [-0.3, -0.25) is 4.68 Å². The molecule has 0 amide bonds. The topological polar surface area (TPSA) is 67.6 Å². The van der Waals surface area contributed by atoms with Crippen molar-refractivity contribution < 1.29 is 0 Å². The number of aromatic nitrogens is 2. The zero-order chi connectivity index (χ0) is 13.9. The number of nitrogens with two attached hydrogens (primary N) is 1. The van der Waals surface area contributed by atoms with Gasteiger partial charge in [0.15, 0.2) is 0 Å². The van der Waals surface area contributed by atoms with Gasteiger partial charge in [-0.2, -0.15) is 10.4 Å². The van der Waals surface area contributed by atoms with Gasteiger partial charge in [-0.05, 0) is 25.5 Å². The normalized spacial score (nSPS) is 13.8. The highest BCUT2D eigenvalue weighted by Crippen LogP contribution is 2.22. The summed E-state index contributed by atoms with van der Waals surface area (Å²) < 4.78 is 1.90. The van der Waals surface area contributed by atoms with Crippen LogP contribution in [0.2, 0.25) is 0 Å². The third-order valence-corrected chi connectivity index (χ3v) is 3.31. The van der Waals surface area contributed by atoms with Gasteiger partial charge in [-0.15, -0.1) is 0 Å². The zero-order valence-corrected chi connectivity index (χ0v) is 11.3. The van der Waals surface area contributed by atoms with Crippen LogP contribution in [0.4, 0.5) is 0 Å². The van der Waals surface area contributed by atoms with Gasteiger partial charge >= 0.3 is 0 Å². The molecule has 0 fully saturated rings. The summed E-state index contributed by atoms with van der Waals surface area (Å²) in [6.07, 6.45) is 0.537. The van der Waals surface area contributed by atoms with Crippen LogP contribution in [-0.4, -0.2) is 9.78 Å². The first-order chi connectivity index (χ1) is 9.05. The molecule has 0 aliphatic carbocycles. The molecule has 1 heterocycles. The second kappa shape index (κ2) is 5.25. The molecule has 98 valence electrons. The molecule has 2 aromatic rings. The van der Waals surface area contributed by atoms with Gasteiger partial charge in [0.25, 0.3) is 0 Å². The maximum atomic E-state index is 9.39. The maximum absolute atomic E-state index is 9.39. The smallest absolute Gasteiger partial charge is 0.131 e. The number of hydrogen-bond acceptors (Lipinski definition) is 3. The van der Waals surface area contributed by atoms with Gasteiger partial charge < -0.3 is 5.73 Å². The summed E-state index contributed by atoms with van der Waals surface area (Å²) >= 11 is 0. The van der Waals surface area contributed by atoms with Crippen LogP contribution in [0.1, 0.15) is 23.4 Å². The molecule has 0 saturated heterocycles. The quantitative estimate of drug-likeness (QED) is 0.910. The largest absolute Gasteiger partial charge is 0.310 e. The summed E-state index contributed by atoms with van der Waals surface area (Å²) in [7, 11) is 0. The SMILES string of the molecule is Cc1cc(C)n(CCC(N)(C#N)c2ccccc2)n1. The average molecular weight is 254 g/mol. The van der Waals surface area contributed by atoms with Crippen molar-refractivity contribution in [2.75, 3.05) is 0 Å². The van der Waals surface area contributed by atoms with Crippen LogP contribution in [0.15, 0.2) is 36.4 Å². The molecule has 0 spiro atoms. The fourth-order valence-corrected chi connectivity index (χ4v) is 2.18. The van der Waals surface area contributed by atoms with Crippen LogP contribution in [0, 0.1) is 25.2 Å². The molecule has 4 nitrogen and oxygen atoms in total. The van der Waals surface area contributed by atoms with E-state index >= 15 is 0 Å². The van der Waals surface area contributed by atoms with E-state index in [0.29, 0.717) is 13.0 Å². The zero-order valence-electron chi connectivity index (χ0n) is 11.3. The minimum absolute atomic E-state index is 0.537. The predicted octanol–water partition coefficient (Wildman–Crippen LogP) is 2.27. The van der Waals surface area contributed by atoms with Crippen molar-refractivity contribution >= 4 is 0 Å². The number of nitriles is 1. The van der Waals surface area contributed by atoms with Crippen LogP contribution < -0.4 is 5.73 Å². The van der Waals surface area contributed by atoms with Crippen LogP contribution in [-0.2, 0) is 12.1 Å². The number of nitrogens with zero attached hydrogens (tertiary/aromatic N) is 3. The van der Waals surface area contributed by atoms with E-state index in [1.807, 2.05) is 54.9 Å². The molecule has 19 heavy (non-hydrogen) atoms. The first-order valence-electron chi connectivity index (χ1n) is 6.32. The minimum atomic E-state index is -0.965. The van der Waals surface area contributed by atoms with Gasteiger partial charge in [0.2, 0.25) is 0 Å². The molecular formula is C15H18N4. The van der Waals surface area contributed by atoms with Crippen LogP contribution in [0.5, 0.6) is 0 Å². The highest BCUT2D eigenvalue weighted by atomic mass is 15.3. The summed E-state index contributed by atoms with van der Waals surface area (Å²) in [6, 6.07) is 13.8. The van der Waals surface area contributed by atoms with E-state index in [2.05, 4.69) is 11.2 Å². The lowest BCUT2D eigenvalue weighted by atomic mass is 9.89. The van der Waals surface area contributed by atoms with Crippen molar-refractivity contribution in [1.29, 1.82) is 5.26 Å². The minimum Gasteiger partial charge on any atom is -0.310 e. The van der Waals surface area contributed by atoms with E-state index < -0.39 is 5.54 Å². The first-order valence-corrected chi connectivity index (χ1v) is 6.32. The third-order valence-electron chi connectivity index (χ3n) is 3.31. The molecule has 1 unspecified atom stereocenters. The molecule has 0 bridgehead atoms. The van der Waals surface area contributed by atoms with Crippen molar-refractivity contribution in [3.63, 3.8) is 0 Å². The lowest BCUT2D eigenvalue weighted by molar-refractivity contribution is 0.445. The Kier molecular flexibility index (Phi) is 3.68. The number of hydrogen-bond donors (Lipinski definition) is 1. The first kappa shape index (κ1) is 13.3. The van der Waals surface area contributed by atoms with Crippen LogP contribution in [0.25, 0.3) is 0 Å². The Balaban J connectivity index is 2.17. The third kappa shape index (κ3) is 2.83. The molecule has 1 atom stereocenters. The van der Waals surface area contributed by atoms with E-state index in [0.717, 1.165) is 17.0 Å². The summed E-state index contributed by atoms with van der Waals surface area (Å²) in [6.45, 7) is 4.60. The van der Waals surface area contributed by atoms with E-state index in [4.69, 9.17) is 5.73 Å². The lowest BCUT2D eigenvalue weighted by Gasteiger charge is -2.22. The molecule has 1 aromatic carbocycles. The molecule has 1 aromatic heterocycles. The molecule has 2 N–H and O–H groups in total. The second-order valence-electron chi connectivity index (χ2n) is 4.85. The van der Waals surface area contributed by atoms with Gasteiger partial charge in [-0.25, -0.2) is 0 Å². The molecule has 2 rings (SSSR count). The summed E-state index contributed by atoms with van der Waals surface area (Å²) in [4.78, 5) is 0. The molecule has 0 aliphatic heterocycles. The fraction of sp³-hybridized carbons (Fsp3) is 0.333. The Morgan fingerprint density at radius 3 is 2.53 bits per heavy atom. The Hall–Kier alpha value is -2.12. The number of benzene rings is 1. The summed E-state index contributed by atoms with van der Waals surface area (Å²) in [5.74, 6) is 0. The molecule has 0 aliphatic rings. The van der Waals surface area contributed by atoms with Crippen molar-refractivity contribution in [3.8, 4) is 6.07 Å². The average Bonchev–Trinajstić information content (AvgIpc) is 2.75. The van der Waals surface area contributed by atoms with E-state index in [1.54, 1.807) is 0 Å². The number of rotatable bonds is 4. The Labute approximate surface area is 113 Å². The van der Waals surface area contributed by atoms with Crippen LogP contribution >= 0.6 is 0 Å². The Morgan fingerprint density at radius 2 is 2.00 bits per heavy atom. The highest BCUT2D eigenvalue weighted by Gasteiger charge is 2.27. The lowest BCUT2D eigenvalue weighted by Crippen LogP contribution is -2.36. The standard InChI is InChI=1S/C15H18N4/c1-12-10-13(2)19(18-12)9-8-15(17,11-16)14-6-4-3-5-7-14/h3-7,10H,8-9,17H2,1-2H3. The monoisotopic (exact) mass is 254 g/mol. The molecular weight excluding hydrogens is 236 g/mol. The second-order valence-corrected chi connectivity index (χ2v) is 4.85. The van der Waals surface area contributed by atoms with Gasteiger partial charge in [-0.1, -0.05) is 30.3 Å². The van der Waals surface area contributed by atoms with Gasteiger partial charge in [0, 0.05) is 18.7 Å². The van der Waals surface area contributed by atoms with Gasteiger partial charge in [0.05, 0.1) is 11.8 Å². The molecule has 0 saturated carbocycles. The van der Waals surface area contributed by atoms with E-state index in [9.17, 15) is 5.26 Å². The highest BCUT2D eigenvalue weighted by molar-refractivity contribution is 5.30. The van der Waals surface area contributed by atoms with Crippen LogP contribution in [0.3, 0.4) is 0 Å². The van der Waals surface area contributed by atoms with Crippen molar-refractivity contribution in [2.45, 2.75) is 32.4 Å².